The Labute approximate surface area is 181 Å². The van der Waals surface area contributed by atoms with Crippen molar-refractivity contribution >= 4 is 33.8 Å². The fraction of sp³-hybridized carbons (Fsp3) is 0.435. The number of hydrogen-bond donors (Lipinski definition) is 1. The third kappa shape index (κ3) is 3.90. The molecule has 0 bridgehead atoms. The average molecular weight is 426 g/mol. The van der Waals surface area contributed by atoms with E-state index in [0.717, 1.165) is 41.6 Å². The topological polar surface area (TPSA) is 71.5 Å². The maximum Gasteiger partial charge on any atom is 0.282 e. The highest BCUT2D eigenvalue weighted by atomic mass is 32.2. The van der Waals surface area contributed by atoms with E-state index in [0.29, 0.717) is 12.5 Å². The van der Waals surface area contributed by atoms with Crippen molar-refractivity contribution in [1.29, 1.82) is 0 Å². The third-order valence-electron chi connectivity index (χ3n) is 6.28. The van der Waals surface area contributed by atoms with Gasteiger partial charge in [0.05, 0.1) is 17.9 Å². The van der Waals surface area contributed by atoms with E-state index >= 15 is 0 Å². The van der Waals surface area contributed by atoms with Gasteiger partial charge in [0, 0.05) is 37.6 Å². The average Bonchev–Trinajstić information content (AvgIpc) is 3.09. The first-order chi connectivity index (χ1) is 14.5. The highest BCUT2D eigenvalue weighted by molar-refractivity contribution is 8.14. The minimum atomic E-state index is -0.0269. The minimum absolute atomic E-state index is 0.0269. The van der Waals surface area contributed by atoms with Crippen LogP contribution in [0, 0.1) is 11.8 Å². The zero-order chi connectivity index (χ0) is 21.3. The molecule has 2 fully saturated rings. The van der Waals surface area contributed by atoms with Gasteiger partial charge in [0.15, 0.2) is 0 Å². The Bertz CT molecular complexity index is 979. The number of ether oxygens (including phenoxy) is 1. The number of carbonyl (C=O) groups excluding carboxylic acids is 2. The zero-order valence-electron chi connectivity index (χ0n) is 17.3. The second-order valence-electron chi connectivity index (χ2n) is 7.97. The van der Waals surface area contributed by atoms with E-state index in [-0.39, 0.29) is 28.4 Å². The molecule has 1 aromatic carbocycles. The number of carbonyl (C=O) groups is 2. The number of amides is 2. The molecule has 1 N–H and O–H groups in total. The number of nitrogens with zero attached hydrogens (tertiary/aromatic N) is 2. The Hall–Kier alpha value is -2.54. The molecule has 0 aliphatic carbocycles. The number of methoxy groups -OCH3 is 1. The van der Waals surface area contributed by atoms with Crippen molar-refractivity contribution in [3.05, 3.63) is 48.7 Å². The van der Waals surface area contributed by atoms with Gasteiger partial charge >= 0.3 is 0 Å². The molecule has 0 unspecified atom stereocenters. The highest BCUT2D eigenvalue weighted by Gasteiger charge is 2.46. The van der Waals surface area contributed by atoms with Crippen molar-refractivity contribution in [2.75, 3.05) is 20.2 Å². The molecule has 1 aromatic heterocycles. The number of thioether (sulfide) groups is 1. The highest BCUT2D eigenvalue weighted by Crippen LogP contribution is 2.50. The zero-order valence-corrected chi connectivity index (χ0v) is 18.2. The summed E-state index contributed by atoms with van der Waals surface area (Å²) in [7, 11) is 1.66. The molecule has 4 rings (SSSR count). The SMILES string of the molecule is C=C[C@@H](CNC(C)=O)[C@H]1CCN2C(=O)S[C@@H](c3ccnc4ccc(OC)cc34)[C@@H]2C1. The summed E-state index contributed by atoms with van der Waals surface area (Å²) in [5, 5.41) is 4.15. The van der Waals surface area contributed by atoms with E-state index in [2.05, 4.69) is 16.9 Å². The maximum absolute atomic E-state index is 12.8. The van der Waals surface area contributed by atoms with E-state index in [4.69, 9.17) is 4.74 Å². The van der Waals surface area contributed by atoms with Crippen LogP contribution in [0.25, 0.3) is 10.9 Å². The molecule has 2 aliphatic heterocycles. The van der Waals surface area contributed by atoms with E-state index < -0.39 is 0 Å². The van der Waals surface area contributed by atoms with Crippen LogP contribution in [0.15, 0.2) is 43.1 Å². The maximum atomic E-state index is 12.8. The van der Waals surface area contributed by atoms with Gasteiger partial charge in [-0.25, -0.2) is 0 Å². The van der Waals surface area contributed by atoms with Gasteiger partial charge in [0.2, 0.25) is 5.91 Å². The van der Waals surface area contributed by atoms with Crippen LogP contribution in [0.1, 0.15) is 30.6 Å². The largest absolute Gasteiger partial charge is 0.497 e. The van der Waals surface area contributed by atoms with Crippen molar-refractivity contribution in [3.8, 4) is 5.75 Å². The molecule has 6 nitrogen and oxygen atoms in total. The summed E-state index contributed by atoms with van der Waals surface area (Å²) in [4.78, 5) is 30.7. The molecular formula is C23H27N3O3S. The first-order valence-corrected chi connectivity index (χ1v) is 11.2. The van der Waals surface area contributed by atoms with Crippen molar-refractivity contribution < 1.29 is 14.3 Å². The summed E-state index contributed by atoms with van der Waals surface area (Å²) in [6, 6.07) is 8.03. The van der Waals surface area contributed by atoms with Gasteiger partial charge in [0.25, 0.3) is 5.24 Å². The monoisotopic (exact) mass is 425 g/mol. The van der Waals surface area contributed by atoms with Crippen LogP contribution in [0.2, 0.25) is 0 Å². The van der Waals surface area contributed by atoms with Crippen molar-refractivity contribution in [3.63, 3.8) is 0 Å². The molecule has 30 heavy (non-hydrogen) atoms. The van der Waals surface area contributed by atoms with Gasteiger partial charge < -0.3 is 15.0 Å². The summed E-state index contributed by atoms with van der Waals surface area (Å²) in [6.45, 7) is 6.87. The van der Waals surface area contributed by atoms with Crippen LogP contribution < -0.4 is 10.1 Å². The summed E-state index contributed by atoms with van der Waals surface area (Å²) in [5.74, 6) is 1.34. The second-order valence-corrected chi connectivity index (χ2v) is 9.06. The first kappa shape index (κ1) is 20.7. The van der Waals surface area contributed by atoms with Crippen LogP contribution in [0.5, 0.6) is 5.75 Å². The number of rotatable bonds is 6. The second kappa shape index (κ2) is 8.68. The summed E-state index contributed by atoms with van der Waals surface area (Å²) in [6.07, 6.45) is 5.59. The number of nitrogens with one attached hydrogen (secondary N) is 1. The van der Waals surface area contributed by atoms with Crippen molar-refractivity contribution in [2.24, 2.45) is 11.8 Å². The van der Waals surface area contributed by atoms with Gasteiger partial charge in [-0.15, -0.1) is 6.58 Å². The Kier molecular flexibility index (Phi) is 5.99. The summed E-state index contributed by atoms with van der Waals surface area (Å²) < 4.78 is 5.42. The fourth-order valence-electron chi connectivity index (χ4n) is 4.68. The summed E-state index contributed by atoms with van der Waals surface area (Å²) in [5.41, 5.74) is 2.03. The first-order valence-electron chi connectivity index (χ1n) is 10.3. The normalized spacial score (nSPS) is 24.4. The van der Waals surface area contributed by atoms with Crippen LogP contribution >= 0.6 is 11.8 Å². The molecule has 0 radical (unpaired) electrons. The van der Waals surface area contributed by atoms with Crippen LogP contribution in [0.3, 0.4) is 0 Å². The molecule has 2 aromatic rings. The predicted octanol–water partition coefficient (Wildman–Crippen LogP) is 4.17. The number of hydrogen-bond acceptors (Lipinski definition) is 5. The Morgan fingerprint density at radius 1 is 1.47 bits per heavy atom. The molecule has 7 heteroatoms. The van der Waals surface area contributed by atoms with Gasteiger partial charge in [0.1, 0.15) is 5.75 Å². The molecule has 2 saturated heterocycles. The molecule has 2 aliphatic rings. The van der Waals surface area contributed by atoms with Gasteiger partial charge in [-0.05, 0) is 54.5 Å². The molecule has 0 saturated carbocycles. The Morgan fingerprint density at radius 3 is 3.03 bits per heavy atom. The fourth-order valence-corrected chi connectivity index (χ4v) is 6.01. The Morgan fingerprint density at radius 2 is 2.30 bits per heavy atom. The van der Waals surface area contributed by atoms with Crippen molar-refractivity contribution in [1.82, 2.24) is 15.2 Å². The van der Waals surface area contributed by atoms with Crippen LogP contribution in [0.4, 0.5) is 4.79 Å². The lowest BCUT2D eigenvalue weighted by Gasteiger charge is -2.39. The van der Waals surface area contributed by atoms with Crippen LogP contribution in [-0.4, -0.2) is 47.3 Å². The molecule has 3 heterocycles. The lowest BCUT2D eigenvalue weighted by molar-refractivity contribution is -0.119. The van der Waals surface area contributed by atoms with Gasteiger partial charge in [-0.1, -0.05) is 17.8 Å². The number of benzene rings is 1. The van der Waals surface area contributed by atoms with E-state index in [1.165, 1.54) is 18.7 Å². The quantitative estimate of drug-likeness (QED) is 0.704. The summed E-state index contributed by atoms with van der Waals surface area (Å²) >= 11 is 1.41. The van der Waals surface area contributed by atoms with Gasteiger partial charge in [-0.3, -0.25) is 14.6 Å². The lowest BCUT2D eigenvalue weighted by atomic mass is 9.79. The minimum Gasteiger partial charge on any atom is -0.497 e. The number of fused-ring (bicyclic) bond motifs is 2. The molecular weight excluding hydrogens is 398 g/mol. The molecule has 0 spiro atoms. The van der Waals surface area contributed by atoms with E-state index in [1.54, 1.807) is 7.11 Å². The predicted molar refractivity (Wildman–Crippen MR) is 120 cm³/mol. The number of piperidine rings is 1. The standard InChI is InChI=1S/C23H27N3O3S/c1-4-15(13-25-14(2)27)16-8-10-26-21(11-16)22(30-23(26)28)18-7-9-24-20-6-5-17(29-3)12-19(18)20/h4-7,9,12,15-16,21-22H,1,8,10-11,13H2,2-3H3,(H,25,27)/t15-,16-,21-,22-/m0/s1. The smallest absolute Gasteiger partial charge is 0.282 e. The molecule has 4 atom stereocenters. The molecule has 2 amide bonds. The van der Waals surface area contributed by atoms with Gasteiger partial charge in [-0.2, -0.15) is 0 Å². The molecule has 158 valence electrons. The number of pyridine rings is 1. The van der Waals surface area contributed by atoms with E-state index in [1.807, 2.05) is 41.4 Å². The Balaban J connectivity index is 1.64. The third-order valence-corrected chi connectivity index (χ3v) is 7.54. The number of aromatic nitrogens is 1. The van der Waals surface area contributed by atoms with Crippen LogP contribution in [-0.2, 0) is 4.79 Å². The van der Waals surface area contributed by atoms with E-state index in [9.17, 15) is 9.59 Å². The van der Waals surface area contributed by atoms with Crippen molar-refractivity contribution in [2.45, 2.75) is 31.1 Å². The lowest BCUT2D eigenvalue weighted by Crippen LogP contribution is -2.44.